The first kappa shape index (κ1) is 17.2. The van der Waals surface area contributed by atoms with Crippen LogP contribution in [0.5, 0.6) is 0 Å². The Bertz CT molecular complexity index is 904. The van der Waals surface area contributed by atoms with E-state index in [1.54, 1.807) is 6.92 Å². The summed E-state index contributed by atoms with van der Waals surface area (Å²) in [7, 11) is -3.58. The number of rotatable bonds is 5. The average molecular weight is 358 g/mol. The fourth-order valence-corrected chi connectivity index (χ4v) is 3.23. The lowest BCUT2D eigenvalue weighted by Crippen LogP contribution is -2.35. The number of hydrogen-bond donors (Lipinski definition) is 1. The van der Waals surface area contributed by atoms with E-state index in [-0.39, 0.29) is 6.61 Å². The molecule has 0 aromatic heterocycles. The van der Waals surface area contributed by atoms with Crippen LogP contribution in [-0.2, 0) is 19.7 Å². The van der Waals surface area contributed by atoms with Gasteiger partial charge in [0, 0.05) is 11.1 Å². The molecule has 6 nitrogen and oxygen atoms in total. The zero-order valence-corrected chi connectivity index (χ0v) is 14.7. The second kappa shape index (κ2) is 6.68. The number of fused-ring (bicyclic) bond motifs is 3. The summed E-state index contributed by atoms with van der Waals surface area (Å²) in [6.07, 6.45) is 0.936. The number of carbonyl (C=O) groups excluding carboxylic acids is 1. The molecule has 1 unspecified atom stereocenters. The largest absolute Gasteiger partial charge is 0.394 e. The summed E-state index contributed by atoms with van der Waals surface area (Å²) in [4.78, 5) is 17.1. The molecule has 0 aliphatic heterocycles. The highest BCUT2D eigenvalue weighted by Crippen LogP contribution is 2.36. The second-order valence-electron chi connectivity index (χ2n) is 5.97. The van der Waals surface area contributed by atoms with Crippen LogP contribution in [0.3, 0.4) is 0 Å². The van der Waals surface area contributed by atoms with Crippen molar-refractivity contribution >= 4 is 21.6 Å². The van der Waals surface area contributed by atoms with Crippen LogP contribution in [0.1, 0.15) is 18.1 Å². The van der Waals surface area contributed by atoms with Crippen molar-refractivity contribution in [2.24, 2.45) is 11.1 Å². The smallest absolute Gasteiger partial charge is 0.239 e. The van der Waals surface area contributed by atoms with Gasteiger partial charge in [-0.1, -0.05) is 60.6 Å². The normalized spacial score (nSPS) is 13.6. The summed E-state index contributed by atoms with van der Waals surface area (Å²) in [5, 5.41) is 4.21. The van der Waals surface area contributed by atoms with Gasteiger partial charge in [0.15, 0.2) is 0 Å². The number of benzene rings is 2. The molecule has 0 saturated carbocycles. The first-order chi connectivity index (χ1) is 11.9. The molecule has 7 heteroatoms. The summed E-state index contributed by atoms with van der Waals surface area (Å²) in [6, 6.07) is 15.8. The minimum atomic E-state index is -3.58. The molecule has 2 aromatic rings. The minimum absolute atomic E-state index is 0.0187. The molecule has 3 rings (SSSR count). The Kier molecular flexibility index (Phi) is 4.59. The van der Waals surface area contributed by atoms with Gasteiger partial charge in [0.05, 0.1) is 12.2 Å². The van der Waals surface area contributed by atoms with Crippen molar-refractivity contribution in [1.82, 2.24) is 4.72 Å². The van der Waals surface area contributed by atoms with Crippen molar-refractivity contribution in [3.05, 3.63) is 59.7 Å². The minimum Gasteiger partial charge on any atom is -0.394 e. The van der Waals surface area contributed by atoms with E-state index in [1.165, 1.54) is 0 Å². The molecule has 0 spiro atoms. The molecular weight excluding hydrogens is 340 g/mol. The number of sulfonamides is 1. The third-order valence-electron chi connectivity index (χ3n) is 3.87. The van der Waals surface area contributed by atoms with Crippen molar-refractivity contribution in [2.75, 3.05) is 12.9 Å². The van der Waals surface area contributed by atoms with Crippen LogP contribution < -0.4 is 4.72 Å². The molecule has 1 amide bonds. The lowest BCUT2D eigenvalue weighted by atomic mass is 10.1. The van der Waals surface area contributed by atoms with E-state index in [2.05, 4.69) is 5.16 Å². The molecule has 0 bridgehead atoms. The summed E-state index contributed by atoms with van der Waals surface area (Å²) < 4.78 is 24.1. The SMILES string of the molecule is CC(CON=C1c2ccccc2-c2ccccc21)C(=O)NS(C)(=O)=O. The molecule has 2 aromatic carbocycles. The second-order valence-corrected chi connectivity index (χ2v) is 7.71. The average Bonchev–Trinajstić information content (AvgIpc) is 2.88. The zero-order valence-electron chi connectivity index (χ0n) is 13.9. The van der Waals surface area contributed by atoms with Gasteiger partial charge in [-0.05, 0) is 11.1 Å². The van der Waals surface area contributed by atoms with Crippen LogP contribution in [0.2, 0.25) is 0 Å². The van der Waals surface area contributed by atoms with Crippen molar-refractivity contribution < 1.29 is 18.0 Å². The zero-order chi connectivity index (χ0) is 18.0. The highest BCUT2D eigenvalue weighted by atomic mass is 32.2. The highest BCUT2D eigenvalue weighted by molar-refractivity contribution is 7.89. The maximum Gasteiger partial charge on any atom is 0.239 e. The Morgan fingerprint density at radius 3 is 2.00 bits per heavy atom. The molecule has 25 heavy (non-hydrogen) atoms. The quantitative estimate of drug-likeness (QED) is 0.708. The molecule has 0 fully saturated rings. The van der Waals surface area contributed by atoms with E-state index < -0.39 is 21.8 Å². The predicted octanol–water partition coefficient (Wildman–Crippen LogP) is 2.15. The van der Waals surface area contributed by atoms with E-state index >= 15 is 0 Å². The lowest BCUT2D eigenvalue weighted by molar-refractivity contribution is -0.124. The maximum absolute atomic E-state index is 11.8. The summed E-state index contributed by atoms with van der Waals surface area (Å²) in [5.41, 5.74) is 4.82. The van der Waals surface area contributed by atoms with Gasteiger partial charge >= 0.3 is 0 Å². The van der Waals surface area contributed by atoms with Crippen LogP contribution >= 0.6 is 0 Å². The number of amides is 1. The molecule has 1 aliphatic rings. The standard InChI is InChI=1S/C18H18N2O4S/c1-12(18(21)20-25(2,22)23)11-24-19-17-15-9-5-3-7-13(15)14-8-4-6-10-16(14)17/h3-10,12H,11H2,1-2H3,(H,20,21). The molecule has 0 saturated heterocycles. The molecule has 1 atom stereocenters. The van der Waals surface area contributed by atoms with Gasteiger partial charge in [0.1, 0.15) is 12.3 Å². The lowest BCUT2D eigenvalue weighted by Gasteiger charge is -2.10. The van der Waals surface area contributed by atoms with E-state index in [0.29, 0.717) is 5.71 Å². The van der Waals surface area contributed by atoms with Crippen LogP contribution in [-0.4, -0.2) is 32.9 Å². The van der Waals surface area contributed by atoms with Crippen molar-refractivity contribution in [3.8, 4) is 11.1 Å². The first-order valence-corrected chi connectivity index (χ1v) is 9.67. The van der Waals surface area contributed by atoms with E-state index in [0.717, 1.165) is 28.5 Å². The number of hydrogen-bond acceptors (Lipinski definition) is 5. The van der Waals surface area contributed by atoms with Gasteiger partial charge in [-0.25, -0.2) is 8.42 Å². The Morgan fingerprint density at radius 1 is 1.04 bits per heavy atom. The fraction of sp³-hybridized carbons (Fsp3) is 0.222. The molecule has 1 aliphatic carbocycles. The molecular formula is C18H18N2O4S. The third kappa shape index (κ3) is 3.71. The van der Waals surface area contributed by atoms with Gasteiger partial charge in [-0.3, -0.25) is 9.52 Å². The van der Waals surface area contributed by atoms with Crippen LogP contribution in [0.4, 0.5) is 0 Å². The van der Waals surface area contributed by atoms with E-state index in [1.807, 2.05) is 53.3 Å². The van der Waals surface area contributed by atoms with Gasteiger partial charge in [0.2, 0.25) is 15.9 Å². The summed E-state index contributed by atoms with van der Waals surface area (Å²) in [6.45, 7) is 1.56. The van der Waals surface area contributed by atoms with Crippen molar-refractivity contribution in [1.29, 1.82) is 0 Å². The highest BCUT2D eigenvalue weighted by Gasteiger charge is 2.25. The Labute approximate surface area is 146 Å². The van der Waals surface area contributed by atoms with Crippen molar-refractivity contribution in [2.45, 2.75) is 6.92 Å². The predicted molar refractivity (Wildman–Crippen MR) is 95.6 cm³/mol. The maximum atomic E-state index is 11.8. The topological polar surface area (TPSA) is 84.8 Å². The third-order valence-corrected chi connectivity index (χ3v) is 4.44. The van der Waals surface area contributed by atoms with Gasteiger partial charge in [-0.2, -0.15) is 0 Å². The number of oxime groups is 1. The summed E-state index contributed by atoms with van der Waals surface area (Å²) in [5.74, 6) is -1.26. The molecule has 0 heterocycles. The Hall–Kier alpha value is -2.67. The Morgan fingerprint density at radius 2 is 1.52 bits per heavy atom. The van der Waals surface area contributed by atoms with Gasteiger partial charge in [-0.15, -0.1) is 0 Å². The van der Waals surface area contributed by atoms with Gasteiger partial charge in [0.25, 0.3) is 0 Å². The summed E-state index contributed by atoms with van der Waals surface area (Å²) >= 11 is 0. The van der Waals surface area contributed by atoms with E-state index in [4.69, 9.17) is 4.84 Å². The Balaban J connectivity index is 1.77. The number of nitrogens with one attached hydrogen (secondary N) is 1. The first-order valence-electron chi connectivity index (χ1n) is 7.77. The molecule has 130 valence electrons. The van der Waals surface area contributed by atoms with Crippen LogP contribution in [0, 0.1) is 5.92 Å². The van der Waals surface area contributed by atoms with E-state index in [9.17, 15) is 13.2 Å². The van der Waals surface area contributed by atoms with Crippen molar-refractivity contribution in [3.63, 3.8) is 0 Å². The number of carbonyl (C=O) groups is 1. The van der Waals surface area contributed by atoms with Crippen LogP contribution in [0.15, 0.2) is 53.7 Å². The molecule has 0 radical (unpaired) electrons. The monoisotopic (exact) mass is 358 g/mol. The fourth-order valence-electron chi connectivity index (χ4n) is 2.67. The van der Waals surface area contributed by atoms with Gasteiger partial charge < -0.3 is 4.84 Å². The van der Waals surface area contributed by atoms with Crippen LogP contribution in [0.25, 0.3) is 11.1 Å². The number of nitrogens with zero attached hydrogens (tertiary/aromatic N) is 1. The molecule has 1 N–H and O–H groups in total.